The molecular weight excluding hydrogens is 186 g/mol. The summed E-state index contributed by atoms with van der Waals surface area (Å²) in [5.41, 5.74) is 0. The maximum atomic E-state index is 11.2. The Labute approximate surface area is 83.4 Å². The minimum Gasteiger partial charge on any atom is -0.464 e. The molecule has 2 N–H and O–H groups in total. The standard InChI is InChI=1S/C9H17NO4/c1-2-13-9(12)8(11)7-6-10-4-3-5-14-7/h7-8,10-11H,2-6H2,1H3. The number of nitrogens with one attached hydrogen (secondary N) is 1. The third-order valence-electron chi connectivity index (χ3n) is 2.06. The molecule has 1 aliphatic rings. The summed E-state index contributed by atoms with van der Waals surface area (Å²) < 4.78 is 10.0. The number of rotatable bonds is 3. The van der Waals surface area contributed by atoms with E-state index in [-0.39, 0.29) is 6.61 Å². The van der Waals surface area contributed by atoms with Crippen LogP contribution in [0.4, 0.5) is 0 Å². The lowest BCUT2D eigenvalue weighted by molar-refractivity contribution is -0.161. The largest absolute Gasteiger partial charge is 0.464 e. The van der Waals surface area contributed by atoms with E-state index in [0.29, 0.717) is 13.2 Å². The van der Waals surface area contributed by atoms with Crippen LogP contribution < -0.4 is 5.32 Å². The number of ether oxygens (including phenoxy) is 2. The van der Waals surface area contributed by atoms with E-state index in [9.17, 15) is 9.90 Å². The molecule has 1 saturated heterocycles. The van der Waals surface area contributed by atoms with Gasteiger partial charge in [0.2, 0.25) is 0 Å². The van der Waals surface area contributed by atoms with Crippen LogP contribution in [0.5, 0.6) is 0 Å². The van der Waals surface area contributed by atoms with Crippen LogP contribution in [0.25, 0.3) is 0 Å². The summed E-state index contributed by atoms with van der Waals surface area (Å²) in [6.07, 6.45) is -0.774. The molecule has 0 aromatic carbocycles. The highest BCUT2D eigenvalue weighted by Gasteiger charge is 2.28. The smallest absolute Gasteiger partial charge is 0.337 e. The maximum absolute atomic E-state index is 11.2. The van der Waals surface area contributed by atoms with E-state index < -0.39 is 18.2 Å². The number of carbonyl (C=O) groups excluding carboxylic acids is 1. The average Bonchev–Trinajstić information content (AvgIpc) is 2.45. The van der Waals surface area contributed by atoms with Crippen molar-refractivity contribution in [1.29, 1.82) is 0 Å². The Morgan fingerprint density at radius 1 is 1.79 bits per heavy atom. The summed E-state index contributed by atoms with van der Waals surface area (Å²) in [5, 5.41) is 12.6. The van der Waals surface area contributed by atoms with Gasteiger partial charge in [0.15, 0.2) is 6.10 Å². The Morgan fingerprint density at radius 2 is 2.57 bits per heavy atom. The third kappa shape index (κ3) is 3.25. The van der Waals surface area contributed by atoms with Crippen LogP contribution in [0.3, 0.4) is 0 Å². The molecule has 5 nitrogen and oxygen atoms in total. The first kappa shape index (κ1) is 11.4. The third-order valence-corrected chi connectivity index (χ3v) is 2.06. The highest BCUT2D eigenvalue weighted by atomic mass is 16.6. The predicted molar refractivity (Wildman–Crippen MR) is 49.9 cm³/mol. The van der Waals surface area contributed by atoms with Gasteiger partial charge in [0, 0.05) is 13.2 Å². The van der Waals surface area contributed by atoms with E-state index in [1.807, 2.05) is 0 Å². The topological polar surface area (TPSA) is 67.8 Å². The van der Waals surface area contributed by atoms with E-state index in [1.54, 1.807) is 6.92 Å². The van der Waals surface area contributed by atoms with Gasteiger partial charge in [0.1, 0.15) is 6.10 Å². The van der Waals surface area contributed by atoms with Crippen LogP contribution in [0, 0.1) is 0 Å². The first-order valence-corrected chi connectivity index (χ1v) is 4.92. The summed E-state index contributed by atoms with van der Waals surface area (Å²) in [6.45, 7) is 3.88. The van der Waals surface area contributed by atoms with Crippen molar-refractivity contribution in [3.05, 3.63) is 0 Å². The first-order chi connectivity index (χ1) is 6.75. The van der Waals surface area contributed by atoms with Crippen LogP contribution in [0.1, 0.15) is 13.3 Å². The SMILES string of the molecule is CCOC(=O)C(O)C1CNCCCO1. The molecule has 0 saturated carbocycles. The normalized spacial score (nSPS) is 25.1. The molecule has 82 valence electrons. The van der Waals surface area contributed by atoms with E-state index in [1.165, 1.54) is 0 Å². The van der Waals surface area contributed by atoms with Gasteiger partial charge in [-0.05, 0) is 19.9 Å². The zero-order chi connectivity index (χ0) is 10.4. The molecule has 1 fully saturated rings. The van der Waals surface area contributed by atoms with Crippen molar-refractivity contribution in [3.63, 3.8) is 0 Å². The Morgan fingerprint density at radius 3 is 3.29 bits per heavy atom. The minimum absolute atomic E-state index is 0.274. The number of esters is 1. The number of hydrogen-bond acceptors (Lipinski definition) is 5. The molecule has 2 atom stereocenters. The molecule has 2 unspecified atom stereocenters. The van der Waals surface area contributed by atoms with Gasteiger partial charge in [0.05, 0.1) is 6.61 Å². The molecule has 1 heterocycles. The highest BCUT2D eigenvalue weighted by Crippen LogP contribution is 2.04. The maximum Gasteiger partial charge on any atom is 0.337 e. The van der Waals surface area contributed by atoms with Gasteiger partial charge in [0.25, 0.3) is 0 Å². The molecule has 0 spiro atoms. The lowest BCUT2D eigenvalue weighted by atomic mass is 10.2. The summed E-state index contributed by atoms with van der Waals surface area (Å²) in [6, 6.07) is 0. The molecular formula is C9H17NO4. The zero-order valence-corrected chi connectivity index (χ0v) is 8.36. The molecule has 0 amide bonds. The fourth-order valence-corrected chi connectivity index (χ4v) is 1.32. The summed E-state index contributed by atoms with van der Waals surface area (Å²) in [7, 11) is 0. The Bertz CT molecular complexity index is 178. The summed E-state index contributed by atoms with van der Waals surface area (Å²) in [5.74, 6) is -0.610. The van der Waals surface area contributed by atoms with E-state index >= 15 is 0 Å². The molecule has 0 aromatic heterocycles. The molecule has 0 radical (unpaired) electrons. The van der Waals surface area contributed by atoms with Crippen molar-refractivity contribution in [1.82, 2.24) is 5.32 Å². The average molecular weight is 203 g/mol. The zero-order valence-electron chi connectivity index (χ0n) is 8.36. The van der Waals surface area contributed by atoms with Crippen LogP contribution in [-0.4, -0.2) is 49.6 Å². The van der Waals surface area contributed by atoms with Crippen LogP contribution >= 0.6 is 0 Å². The number of aliphatic hydroxyl groups excluding tert-OH is 1. The van der Waals surface area contributed by atoms with Gasteiger partial charge in [-0.25, -0.2) is 4.79 Å². The van der Waals surface area contributed by atoms with Crippen molar-refractivity contribution in [2.24, 2.45) is 0 Å². The molecule has 1 rings (SSSR count). The Hall–Kier alpha value is -0.650. The van der Waals surface area contributed by atoms with Crippen molar-refractivity contribution in [2.45, 2.75) is 25.6 Å². The fourth-order valence-electron chi connectivity index (χ4n) is 1.32. The van der Waals surface area contributed by atoms with Gasteiger partial charge in [-0.2, -0.15) is 0 Å². The summed E-state index contributed by atoms with van der Waals surface area (Å²) >= 11 is 0. The molecule has 1 aliphatic heterocycles. The number of hydrogen-bond donors (Lipinski definition) is 2. The number of carbonyl (C=O) groups is 1. The summed E-state index contributed by atoms with van der Waals surface area (Å²) in [4.78, 5) is 11.2. The van der Waals surface area contributed by atoms with E-state index in [4.69, 9.17) is 9.47 Å². The van der Waals surface area contributed by atoms with Crippen LogP contribution in [0.15, 0.2) is 0 Å². The monoisotopic (exact) mass is 203 g/mol. The van der Waals surface area contributed by atoms with Crippen LogP contribution in [-0.2, 0) is 14.3 Å². The Kier molecular flexibility index (Phi) is 4.86. The second-order valence-corrected chi connectivity index (χ2v) is 3.16. The minimum atomic E-state index is -1.18. The van der Waals surface area contributed by atoms with E-state index in [2.05, 4.69) is 5.32 Å². The molecule has 0 aromatic rings. The van der Waals surface area contributed by atoms with E-state index in [0.717, 1.165) is 13.0 Å². The van der Waals surface area contributed by atoms with Gasteiger partial charge < -0.3 is 19.9 Å². The lowest BCUT2D eigenvalue weighted by Crippen LogP contribution is -2.42. The van der Waals surface area contributed by atoms with Crippen molar-refractivity contribution < 1.29 is 19.4 Å². The van der Waals surface area contributed by atoms with Gasteiger partial charge >= 0.3 is 5.97 Å². The first-order valence-electron chi connectivity index (χ1n) is 4.92. The van der Waals surface area contributed by atoms with Gasteiger partial charge in [-0.3, -0.25) is 0 Å². The van der Waals surface area contributed by atoms with Gasteiger partial charge in [-0.15, -0.1) is 0 Å². The second kappa shape index (κ2) is 5.95. The second-order valence-electron chi connectivity index (χ2n) is 3.16. The molecule has 0 bridgehead atoms. The lowest BCUT2D eigenvalue weighted by Gasteiger charge is -2.19. The Balaban J connectivity index is 2.40. The fraction of sp³-hybridized carbons (Fsp3) is 0.889. The van der Waals surface area contributed by atoms with Crippen molar-refractivity contribution >= 4 is 5.97 Å². The van der Waals surface area contributed by atoms with Gasteiger partial charge in [-0.1, -0.05) is 0 Å². The predicted octanol–water partition coefficient (Wildman–Crippen LogP) is -0.711. The van der Waals surface area contributed by atoms with Crippen LogP contribution in [0.2, 0.25) is 0 Å². The van der Waals surface area contributed by atoms with Crippen molar-refractivity contribution in [3.8, 4) is 0 Å². The van der Waals surface area contributed by atoms with Crippen molar-refractivity contribution in [2.75, 3.05) is 26.3 Å². The number of aliphatic hydroxyl groups is 1. The highest BCUT2D eigenvalue weighted by molar-refractivity contribution is 5.75. The molecule has 0 aliphatic carbocycles. The molecule has 5 heteroatoms. The quantitative estimate of drug-likeness (QED) is 0.593. The molecule has 14 heavy (non-hydrogen) atoms.